The number of rotatable bonds is 2. The fourth-order valence-electron chi connectivity index (χ4n) is 1.12. The summed E-state index contributed by atoms with van der Waals surface area (Å²) in [6, 6.07) is 3.68. The molecular weight excluding hydrogens is 128 g/mol. The second-order valence-electron chi connectivity index (χ2n) is 2.75. The molecule has 0 spiro atoms. The molecular formula is C8H8O2. The molecule has 0 atom stereocenters. The van der Waals surface area contributed by atoms with E-state index in [1.54, 1.807) is 6.26 Å². The lowest BCUT2D eigenvalue weighted by Crippen LogP contribution is -2.05. The Labute approximate surface area is 58.8 Å². The van der Waals surface area contributed by atoms with Gasteiger partial charge in [0.15, 0.2) is 0 Å². The van der Waals surface area contributed by atoms with Gasteiger partial charge in [0, 0.05) is 0 Å². The maximum atomic E-state index is 10.5. The molecule has 0 unspecified atom stereocenters. The van der Waals surface area contributed by atoms with Crippen molar-refractivity contribution in [1.82, 2.24) is 0 Å². The van der Waals surface area contributed by atoms with Gasteiger partial charge in [0.05, 0.1) is 11.7 Å². The minimum Gasteiger partial charge on any atom is -0.468 e. The van der Waals surface area contributed by atoms with Crippen LogP contribution in [-0.2, 0) is 10.2 Å². The van der Waals surface area contributed by atoms with Crippen molar-refractivity contribution in [3.8, 4) is 0 Å². The maximum Gasteiger partial charge on any atom is 0.133 e. The van der Waals surface area contributed by atoms with E-state index in [0.29, 0.717) is 0 Å². The molecule has 0 amide bonds. The van der Waals surface area contributed by atoms with Crippen LogP contribution in [0, 0.1) is 0 Å². The minimum atomic E-state index is -0.233. The van der Waals surface area contributed by atoms with Crippen LogP contribution in [0.3, 0.4) is 0 Å². The van der Waals surface area contributed by atoms with Crippen molar-refractivity contribution in [2.75, 3.05) is 0 Å². The molecule has 0 aromatic carbocycles. The van der Waals surface area contributed by atoms with Gasteiger partial charge in [-0.2, -0.15) is 0 Å². The van der Waals surface area contributed by atoms with Crippen molar-refractivity contribution in [3.63, 3.8) is 0 Å². The molecule has 52 valence electrons. The molecule has 10 heavy (non-hydrogen) atoms. The summed E-state index contributed by atoms with van der Waals surface area (Å²) in [6.45, 7) is 0. The summed E-state index contributed by atoms with van der Waals surface area (Å²) < 4.78 is 5.12. The number of hydrogen-bond donors (Lipinski definition) is 0. The zero-order chi connectivity index (χ0) is 7.03. The van der Waals surface area contributed by atoms with Crippen LogP contribution in [0.25, 0.3) is 0 Å². The standard InChI is InChI=1S/C8H8O2/c9-6-8(3-4-8)7-2-1-5-10-7/h1-2,5-6H,3-4H2. The number of carbonyl (C=O) groups is 1. The van der Waals surface area contributed by atoms with Gasteiger partial charge in [-0.25, -0.2) is 0 Å². The van der Waals surface area contributed by atoms with Crippen molar-refractivity contribution >= 4 is 6.29 Å². The van der Waals surface area contributed by atoms with E-state index >= 15 is 0 Å². The summed E-state index contributed by atoms with van der Waals surface area (Å²) in [5, 5.41) is 0. The van der Waals surface area contributed by atoms with E-state index < -0.39 is 0 Å². The summed E-state index contributed by atoms with van der Waals surface area (Å²) in [4.78, 5) is 10.5. The van der Waals surface area contributed by atoms with Crippen LogP contribution in [0.4, 0.5) is 0 Å². The molecule has 1 heterocycles. The molecule has 1 saturated carbocycles. The van der Waals surface area contributed by atoms with Crippen LogP contribution < -0.4 is 0 Å². The lowest BCUT2D eigenvalue weighted by Gasteiger charge is -1.98. The monoisotopic (exact) mass is 136 g/mol. The van der Waals surface area contributed by atoms with Crippen LogP contribution in [0.2, 0.25) is 0 Å². The predicted molar refractivity (Wildman–Crippen MR) is 35.7 cm³/mol. The SMILES string of the molecule is O=CC1(c2ccco2)CC1. The van der Waals surface area contributed by atoms with E-state index in [-0.39, 0.29) is 5.41 Å². The number of carbonyl (C=O) groups excluding carboxylic acids is 1. The highest BCUT2D eigenvalue weighted by atomic mass is 16.3. The Hall–Kier alpha value is -1.05. The molecule has 2 nitrogen and oxygen atoms in total. The van der Waals surface area contributed by atoms with Gasteiger partial charge in [-0.3, -0.25) is 0 Å². The fraction of sp³-hybridized carbons (Fsp3) is 0.375. The predicted octanol–water partition coefficient (Wildman–Crippen LogP) is 1.51. The van der Waals surface area contributed by atoms with Gasteiger partial charge in [-0.05, 0) is 25.0 Å². The van der Waals surface area contributed by atoms with E-state index in [4.69, 9.17) is 4.42 Å². The Morgan fingerprint density at radius 2 is 2.40 bits per heavy atom. The molecule has 0 radical (unpaired) electrons. The zero-order valence-electron chi connectivity index (χ0n) is 5.54. The fourth-order valence-corrected chi connectivity index (χ4v) is 1.12. The van der Waals surface area contributed by atoms with Crippen molar-refractivity contribution < 1.29 is 9.21 Å². The van der Waals surface area contributed by atoms with Gasteiger partial charge >= 0.3 is 0 Å². The Morgan fingerprint density at radius 1 is 1.60 bits per heavy atom. The Balaban J connectivity index is 2.35. The Bertz CT molecular complexity index is 232. The van der Waals surface area contributed by atoms with Crippen molar-refractivity contribution in [1.29, 1.82) is 0 Å². The third-order valence-corrected chi connectivity index (χ3v) is 2.03. The van der Waals surface area contributed by atoms with E-state index in [2.05, 4.69) is 0 Å². The average Bonchev–Trinajstić information content (AvgIpc) is 2.58. The van der Waals surface area contributed by atoms with Gasteiger partial charge in [-0.1, -0.05) is 0 Å². The molecule has 1 fully saturated rings. The summed E-state index contributed by atoms with van der Waals surface area (Å²) in [7, 11) is 0. The van der Waals surface area contributed by atoms with Crippen molar-refractivity contribution in [2.24, 2.45) is 0 Å². The second kappa shape index (κ2) is 1.72. The van der Waals surface area contributed by atoms with Crippen LogP contribution in [0.1, 0.15) is 18.6 Å². The van der Waals surface area contributed by atoms with Gasteiger partial charge in [0.1, 0.15) is 12.0 Å². The number of furan rings is 1. The number of hydrogen-bond acceptors (Lipinski definition) is 2. The average molecular weight is 136 g/mol. The van der Waals surface area contributed by atoms with Crippen LogP contribution >= 0.6 is 0 Å². The van der Waals surface area contributed by atoms with Gasteiger partial charge in [-0.15, -0.1) is 0 Å². The number of aldehydes is 1. The third-order valence-electron chi connectivity index (χ3n) is 2.03. The van der Waals surface area contributed by atoms with Crippen LogP contribution in [0.15, 0.2) is 22.8 Å². The minimum absolute atomic E-state index is 0.233. The lowest BCUT2D eigenvalue weighted by molar-refractivity contribution is -0.110. The topological polar surface area (TPSA) is 30.2 Å². The molecule has 2 rings (SSSR count). The Morgan fingerprint density at radius 3 is 2.80 bits per heavy atom. The molecule has 0 saturated heterocycles. The summed E-state index contributed by atoms with van der Waals surface area (Å²) in [5.74, 6) is 0.822. The molecule has 1 aromatic heterocycles. The van der Waals surface area contributed by atoms with E-state index in [1.807, 2.05) is 12.1 Å². The van der Waals surface area contributed by atoms with Crippen LogP contribution in [0.5, 0.6) is 0 Å². The first-order valence-electron chi connectivity index (χ1n) is 3.38. The highest BCUT2D eigenvalue weighted by Gasteiger charge is 2.46. The van der Waals surface area contributed by atoms with Crippen molar-refractivity contribution in [2.45, 2.75) is 18.3 Å². The third kappa shape index (κ3) is 0.618. The van der Waals surface area contributed by atoms with Gasteiger partial charge in [0.2, 0.25) is 0 Å². The second-order valence-corrected chi connectivity index (χ2v) is 2.75. The molecule has 0 bridgehead atoms. The van der Waals surface area contributed by atoms with Crippen molar-refractivity contribution in [3.05, 3.63) is 24.2 Å². The van der Waals surface area contributed by atoms with Gasteiger partial charge < -0.3 is 9.21 Å². The summed E-state index contributed by atoms with van der Waals surface area (Å²) in [5.41, 5.74) is -0.233. The highest BCUT2D eigenvalue weighted by molar-refractivity contribution is 5.71. The van der Waals surface area contributed by atoms with E-state index in [1.165, 1.54) is 0 Å². The first kappa shape index (κ1) is 5.71. The first-order chi connectivity index (χ1) is 4.87. The van der Waals surface area contributed by atoms with E-state index in [9.17, 15) is 4.79 Å². The van der Waals surface area contributed by atoms with Gasteiger partial charge in [0.25, 0.3) is 0 Å². The smallest absolute Gasteiger partial charge is 0.133 e. The molecule has 0 N–H and O–H groups in total. The Kier molecular flexibility index (Phi) is 0.982. The normalized spacial score (nSPS) is 20.4. The highest BCUT2D eigenvalue weighted by Crippen LogP contribution is 2.46. The summed E-state index contributed by atoms with van der Waals surface area (Å²) in [6.07, 6.45) is 4.50. The molecule has 1 aliphatic carbocycles. The molecule has 1 aliphatic rings. The molecule has 0 aliphatic heterocycles. The molecule has 2 heteroatoms. The zero-order valence-corrected chi connectivity index (χ0v) is 5.54. The van der Waals surface area contributed by atoms with E-state index in [0.717, 1.165) is 24.9 Å². The largest absolute Gasteiger partial charge is 0.468 e. The quantitative estimate of drug-likeness (QED) is 0.577. The first-order valence-corrected chi connectivity index (χ1v) is 3.38. The summed E-state index contributed by atoms with van der Waals surface area (Å²) >= 11 is 0. The molecule has 1 aromatic rings. The maximum absolute atomic E-state index is 10.5. The van der Waals surface area contributed by atoms with Crippen LogP contribution in [-0.4, -0.2) is 6.29 Å². The lowest BCUT2D eigenvalue weighted by atomic mass is 10.1.